The molecule has 1 amide bonds. The van der Waals surface area contributed by atoms with E-state index in [1.165, 1.54) is 7.11 Å². The number of esters is 1. The maximum atomic E-state index is 13.5. The molecule has 5 heteroatoms. The lowest BCUT2D eigenvalue weighted by molar-refractivity contribution is -0.146. The summed E-state index contributed by atoms with van der Waals surface area (Å²) in [6.45, 7) is 1.23. The number of hydrogen-bond acceptors (Lipinski definition) is 4. The van der Waals surface area contributed by atoms with E-state index >= 15 is 0 Å². The molecule has 1 aliphatic rings. The predicted octanol–water partition coefficient (Wildman–Crippen LogP) is 3.75. The summed E-state index contributed by atoms with van der Waals surface area (Å²) in [7, 11) is 1.41. The Morgan fingerprint density at radius 2 is 1.44 bits per heavy atom. The van der Waals surface area contributed by atoms with Crippen molar-refractivity contribution in [3.63, 3.8) is 0 Å². The van der Waals surface area contributed by atoms with Gasteiger partial charge in [0.25, 0.3) is 0 Å². The number of likely N-dealkylation sites (tertiary alicyclic amines) is 1. The van der Waals surface area contributed by atoms with Gasteiger partial charge >= 0.3 is 5.97 Å². The molecule has 4 rings (SSSR count). The van der Waals surface area contributed by atoms with E-state index in [2.05, 4.69) is 10.2 Å². The van der Waals surface area contributed by atoms with Crippen molar-refractivity contribution in [3.05, 3.63) is 108 Å². The van der Waals surface area contributed by atoms with Crippen LogP contribution < -0.4 is 5.32 Å². The number of hydrogen-bond donors (Lipinski definition) is 1. The van der Waals surface area contributed by atoms with Gasteiger partial charge in [-0.15, -0.1) is 0 Å². The highest BCUT2D eigenvalue weighted by atomic mass is 16.5. The first-order chi connectivity index (χ1) is 15.7. The van der Waals surface area contributed by atoms with E-state index in [-0.39, 0.29) is 24.0 Å². The molecule has 32 heavy (non-hydrogen) atoms. The largest absolute Gasteiger partial charge is 0.468 e. The number of benzene rings is 3. The number of carbonyl (C=O) groups is 2. The summed E-state index contributed by atoms with van der Waals surface area (Å²) in [6.07, 6.45) is 0.529. The highest BCUT2D eigenvalue weighted by Gasteiger charge is 2.39. The summed E-state index contributed by atoms with van der Waals surface area (Å²) in [6, 6.07) is 29.1. The highest BCUT2D eigenvalue weighted by molar-refractivity contribution is 5.87. The topological polar surface area (TPSA) is 58.6 Å². The summed E-state index contributed by atoms with van der Waals surface area (Å²) < 4.78 is 5.05. The van der Waals surface area contributed by atoms with Gasteiger partial charge in [0.15, 0.2) is 0 Å². The quantitative estimate of drug-likeness (QED) is 0.583. The maximum absolute atomic E-state index is 13.5. The van der Waals surface area contributed by atoms with Crippen LogP contribution in [0, 0.1) is 0 Å². The molecule has 3 aromatic rings. The monoisotopic (exact) mass is 428 g/mol. The number of rotatable bonds is 7. The van der Waals surface area contributed by atoms with Crippen molar-refractivity contribution in [2.24, 2.45) is 0 Å². The van der Waals surface area contributed by atoms with Crippen LogP contribution in [0.25, 0.3) is 0 Å². The summed E-state index contributed by atoms with van der Waals surface area (Å²) >= 11 is 0. The Bertz CT molecular complexity index is 985. The Morgan fingerprint density at radius 3 is 1.97 bits per heavy atom. The van der Waals surface area contributed by atoms with Crippen molar-refractivity contribution in [2.75, 3.05) is 13.7 Å². The number of carbonyl (C=O) groups excluding carboxylic acids is 2. The predicted molar refractivity (Wildman–Crippen MR) is 124 cm³/mol. The van der Waals surface area contributed by atoms with Gasteiger partial charge in [0.05, 0.1) is 13.0 Å². The zero-order chi connectivity index (χ0) is 22.3. The van der Waals surface area contributed by atoms with Crippen LogP contribution in [0.3, 0.4) is 0 Å². The molecule has 2 atom stereocenters. The molecule has 0 spiro atoms. The zero-order valence-corrected chi connectivity index (χ0v) is 18.2. The first-order valence-corrected chi connectivity index (χ1v) is 10.9. The maximum Gasteiger partial charge on any atom is 0.323 e. The van der Waals surface area contributed by atoms with Crippen molar-refractivity contribution in [1.29, 1.82) is 0 Å². The lowest BCUT2D eigenvalue weighted by Gasteiger charge is -2.22. The van der Waals surface area contributed by atoms with E-state index < -0.39 is 5.92 Å². The molecule has 0 aliphatic carbocycles. The summed E-state index contributed by atoms with van der Waals surface area (Å²) in [5.41, 5.74) is 3.01. The van der Waals surface area contributed by atoms with Gasteiger partial charge in [0.2, 0.25) is 5.91 Å². The molecule has 0 aromatic heterocycles. The smallest absolute Gasteiger partial charge is 0.323 e. The first kappa shape index (κ1) is 21.8. The van der Waals surface area contributed by atoms with E-state index in [4.69, 9.17) is 4.74 Å². The van der Waals surface area contributed by atoms with E-state index in [1.54, 1.807) is 0 Å². The third kappa shape index (κ3) is 5.06. The van der Waals surface area contributed by atoms with E-state index in [9.17, 15) is 9.59 Å². The molecule has 1 saturated heterocycles. The van der Waals surface area contributed by atoms with Crippen LogP contribution >= 0.6 is 0 Å². The Morgan fingerprint density at radius 1 is 0.906 bits per heavy atom. The lowest BCUT2D eigenvalue weighted by atomic mass is 9.90. The van der Waals surface area contributed by atoms with Crippen LogP contribution in [-0.4, -0.2) is 42.5 Å². The van der Waals surface area contributed by atoms with E-state index in [0.29, 0.717) is 19.5 Å². The van der Waals surface area contributed by atoms with Gasteiger partial charge in [-0.2, -0.15) is 0 Å². The summed E-state index contributed by atoms with van der Waals surface area (Å²) in [5.74, 6) is -0.727. The van der Waals surface area contributed by atoms with Crippen LogP contribution in [0.1, 0.15) is 29.0 Å². The highest BCUT2D eigenvalue weighted by Crippen LogP contribution is 2.27. The second-order valence-electron chi connectivity index (χ2n) is 8.15. The molecule has 3 aromatic carbocycles. The van der Waals surface area contributed by atoms with Gasteiger partial charge in [0.1, 0.15) is 6.04 Å². The molecule has 1 heterocycles. The van der Waals surface area contributed by atoms with Crippen molar-refractivity contribution < 1.29 is 14.3 Å². The van der Waals surface area contributed by atoms with Crippen molar-refractivity contribution in [1.82, 2.24) is 10.2 Å². The Hall–Kier alpha value is -3.44. The van der Waals surface area contributed by atoms with Gasteiger partial charge in [-0.3, -0.25) is 14.5 Å². The minimum atomic E-state index is -0.405. The number of methoxy groups -OCH3 is 1. The first-order valence-electron chi connectivity index (χ1n) is 10.9. The Balaban J connectivity index is 1.52. The molecule has 0 unspecified atom stereocenters. The lowest BCUT2D eigenvalue weighted by Crippen LogP contribution is -2.40. The average molecular weight is 429 g/mol. The van der Waals surface area contributed by atoms with E-state index in [1.807, 2.05) is 91.0 Å². The molecule has 1 aliphatic heterocycles. The Kier molecular flexibility index (Phi) is 6.97. The standard InChI is InChI=1S/C27H28N2O3/c1-32-27(31)24-17-23(19-29(24)18-20-11-5-2-6-12-20)28-26(30)25(21-13-7-3-8-14-21)22-15-9-4-10-16-22/h2-16,23-25H,17-19H2,1H3,(H,28,30)/t23-,24+/m1/s1. The van der Waals surface area contributed by atoms with E-state index in [0.717, 1.165) is 16.7 Å². The second-order valence-corrected chi connectivity index (χ2v) is 8.15. The molecule has 1 N–H and O–H groups in total. The van der Waals surface area contributed by atoms with Crippen LogP contribution in [0.15, 0.2) is 91.0 Å². The van der Waals surface area contributed by atoms with Crippen LogP contribution in [0.2, 0.25) is 0 Å². The van der Waals surface area contributed by atoms with Gasteiger partial charge in [0, 0.05) is 19.1 Å². The minimum absolute atomic E-state index is 0.0578. The molecule has 0 radical (unpaired) electrons. The molecule has 0 bridgehead atoms. The average Bonchev–Trinajstić information content (AvgIpc) is 3.22. The molecule has 5 nitrogen and oxygen atoms in total. The van der Waals surface area contributed by atoms with Crippen molar-refractivity contribution in [3.8, 4) is 0 Å². The molecule has 1 fully saturated rings. The molecule has 0 saturated carbocycles. The van der Waals surface area contributed by atoms with Crippen LogP contribution in [0.5, 0.6) is 0 Å². The summed E-state index contributed by atoms with van der Waals surface area (Å²) in [4.78, 5) is 28.0. The number of nitrogens with one attached hydrogen (secondary N) is 1. The third-order valence-corrected chi connectivity index (χ3v) is 5.98. The van der Waals surface area contributed by atoms with Gasteiger partial charge in [-0.25, -0.2) is 0 Å². The van der Waals surface area contributed by atoms with Crippen molar-refractivity contribution in [2.45, 2.75) is 31.0 Å². The third-order valence-electron chi connectivity index (χ3n) is 5.98. The summed E-state index contributed by atoms with van der Waals surface area (Å²) in [5, 5.41) is 3.21. The van der Waals surface area contributed by atoms with Gasteiger partial charge in [-0.1, -0.05) is 91.0 Å². The normalized spacial score (nSPS) is 18.4. The molecule has 164 valence electrons. The fourth-order valence-corrected chi connectivity index (χ4v) is 4.45. The fourth-order valence-electron chi connectivity index (χ4n) is 4.45. The number of nitrogens with zero attached hydrogens (tertiary/aromatic N) is 1. The minimum Gasteiger partial charge on any atom is -0.468 e. The SMILES string of the molecule is COC(=O)[C@@H]1C[C@@H](NC(=O)C(c2ccccc2)c2ccccc2)CN1Cc1ccccc1. The fraction of sp³-hybridized carbons (Fsp3) is 0.259. The molecular weight excluding hydrogens is 400 g/mol. The number of ether oxygens (including phenoxy) is 1. The van der Waals surface area contributed by atoms with Gasteiger partial charge < -0.3 is 10.1 Å². The van der Waals surface area contributed by atoms with Gasteiger partial charge in [-0.05, 0) is 23.1 Å². The second kappa shape index (κ2) is 10.2. The van der Waals surface area contributed by atoms with Crippen LogP contribution in [-0.2, 0) is 20.9 Å². The van der Waals surface area contributed by atoms with Crippen molar-refractivity contribution >= 4 is 11.9 Å². The number of amides is 1. The Labute approximate surface area is 189 Å². The zero-order valence-electron chi connectivity index (χ0n) is 18.2. The molecular formula is C27H28N2O3. The van der Waals surface area contributed by atoms with Crippen LogP contribution in [0.4, 0.5) is 0 Å².